The Labute approximate surface area is 194 Å². The summed E-state index contributed by atoms with van der Waals surface area (Å²) in [5, 5.41) is 6.49. The Bertz CT molecular complexity index is 1280. The first-order valence-corrected chi connectivity index (χ1v) is 10.9. The molecule has 0 saturated heterocycles. The van der Waals surface area contributed by atoms with Crippen molar-refractivity contribution in [2.75, 3.05) is 14.2 Å². The van der Waals surface area contributed by atoms with Crippen molar-refractivity contribution in [1.29, 1.82) is 0 Å². The molecule has 0 fully saturated rings. The molecule has 0 saturated carbocycles. The van der Waals surface area contributed by atoms with Crippen molar-refractivity contribution < 1.29 is 14.3 Å². The maximum Gasteiger partial charge on any atom is 0.241 e. The molecule has 1 N–H and O–H groups in total. The van der Waals surface area contributed by atoms with E-state index < -0.39 is 0 Å². The second-order valence-electron chi connectivity index (χ2n) is 6.98. The third kappa shape index (κ3) is 4.51. The van der Waals surface area contributed by atoms with E-state index in [0.717, 1.165) is 16.6 Å². The van der Waals surface area contributed by atoms with Crippen LogP contribution in [0.3, 0.4) is 0 Å². The summed E-state index contributed by atoms with van der Waals surface area (Å²) in [7, 11) is 3.19. The minimum Gasteiger partial charge on any atom is -0.497 e. The number of benzene rings is 3. The average Bonchev–Trinajstić information content (AvgIpc) is 3.10. The lowest BCUT2D eigenvalue weighted by atomic mass is 10.2. The molecule has 0 aliphatic carbocycles. The van der Waals surface area contributed by atoms with Crippen molar-refractivity contribution >= 4 is 56.5 Å². The third-order valence-electron chi connectivity index (χ3n) is 5.13. The van der Waals surface area contributed by atoms with Crippen LogP contribution in [0.5, 0.6) is 11.5 Å². The molecule has 1 amide bonds. The molecule has 1 aromatic heterocycles. The molecule has 0 aliphatic rings. The highest BCUT2D eigenvalue weighted by Gasteiger charge is 2.12. The summed E-state index contributed by atoms with van der Waals surface area (Å²) in [6.07, 6.45) is 1.87. The summed E-state index contributed by atoms with van der Waals surface area (Å²) in [5.74, 6) is 1.18. The number of amides is 1. The van der Waals surface area contributed by atoms with Gasteiger partial charge in [0.05, 0.1) is 20.4 Å². The number of hydrogen-bond acceptors (Lipinski definition) is 4. The number of halogens is 1. The highest BCUT2D eigenvalue weighted by atomic mass is 127. The number of ether oxygens (including phenoxy) is 2. The molecule has 31 heavy (non-hydrogen) atoms. The number of methoxy groups -OCH3 is 2. The van der Waals surface area contributed by atoms with Crippen molar-refractivity contribution in [3.63, 3.8) is 0 Å². The number of aryl methyl sites for hydroxylation is 1. The smallest absolute Gasteiger partial charge is 0.241 e. The third-order valence-corrected chi connectivity index (χ3v) is 5.80. The van der Waals surface area contributed by atoms with E-state index in [2.05, 4.69) is 68.0 Å². The van der Waals surface area contributed by atoms with Crippen LogP contribution in [0.2, 0.25) is 0 Å². The summed E-state index contributed by atoms with van der Waals surface area (Å²) < 4.78 is 13.9. The SMILES string of the molecule is COc1ccc(OC)c(C=NNC(=O)CCn2c3ccccc3c3cc(I)ccc32)c1. The van der Waals surface area contributed by atoms with E-state index in [4.69, 9.17) is 9.47 Å². The van der Waals surface area contributed by atoms with Gasteiger partial charge in [-0.3, -0.25) is 4.79 Å². The number of fused-ring (bicyclic) bond motifs is 3. The fourth-order valence-corrected chi connectivity index (χ4v) is 4.14. The van der Waals surface area contributed by atoms with Crippen LogP contribution in [0, 0.1) is 3.57 Å². The van der Waals surface area contributed by atoms with Crippen LogP contribution in [0.15, 0.2) is 65.8 Å². The molecule has 0 bridgehead atoms. The zero-order valence-corrected chi connectivity index (χ0v) is 19.4. The van der Waals surface area contributed by atoms with E-state index in [1.54, 1.807) is 32.6 Å². The van der Waals surface area contributed by atoms with Crippen molar-refractivity contribution in [2.45, 2.75) is 13.0 Å². The molecule has 158 valence electrons. The Hall–Kier alpha value is -3.07. The lowest BCUT2D eigenvalue weighted by Gasteiger charge is -2.08. The first-order valence-electron chi connectivity index (χ1n) is 9.81. The molecule has 4 rings (SSSR count). The number of hydrogen-bond donors (Lipinski definition) is 1. The summed E-state index contributed by atoms with van der Waals surface area (Å²) in [4.78, 5) is 12.4. The van der Waals surface area contributed by atoms with Gasteiger partial charge in [-0.2, -0.15) is 5.10 Å². The monoisotopic (exact) mass is 527 g/mol. The Morgan fingerprint density at radius 1 is 1.03 bits per heavy atom. The van der Waals surface area contributed by atoms with E-state index in [9.17, 15) is 4.79 Å². The van der Waals surface area contributed by atoms with Gasteiger partial charge in [-0.05, 0) is 65.1 Å². The number of nitrogens with one attached hydrogen (secondary N) is 1. The topological polar surface area (TPSA) is 64.8 Å². The Balaban J connectivity index is 1.48. The molecular formula is C24H22IN3O3. The van der Waals surface area contributed by atoms with Crippen molar-refractivity contribution in [3.8, 4) is 11.5 Å². The molecular weight excluding hydrogens is 505 g/mol. The van der Waals surface area contributed by atoms with Gasteiger partial charge in [0.25, 0.3) is 0 Å². The minimum atomic E-state index is -0.158. The molecule has 3 aromatic carbocycles. The summed E-state index contributed by atoms with van der Waals surface area (Å²) >= 11 is 2.33. The predicted molar refractivity (Wildman–Crippen MR) is 132 cm³/mol. The molecule has 0 radical (unpaired) electrons. The number of carbonyl (C=O) groups excluding carboxylic acids is 1. The molecule has 0 aliphatic heterocycles. The average molecular weight is 527 g/mol. The van der Waals surface area contributed by atoms with E-state index >= 15 is 0 Å². The first-order chi connectivity index (χ1) is 15.1. The van der Waals surface area contributed by atoms with Crippen LogP contribution in [-0.4, -0.2) is 30.9 Å². The van der Waals surface area contributed by atoms with Gasteiger partial charge in [0.2, 0.25) is 5.91 Å². The quantitative estimate of drug-likeness (QED) is 0.210. The van der Waals surface area contributed by atoms with Crippen molar-refractivity contribution in [2.24, 2.45) is 5.10 Å². The Morgan fingerprint density at radius 2 is 1.84 bits per heavy atom. The van der Waals surface area contributed by atoms with E-state index in [1.807, 2.05) is 18.2 Å². The van der Waals surface area contributed by atoms with Gasteiger partial charge in [0, 0.05) is 43.9 Å². The molecule has 0 atom stereocenters. The van der Waals surface area contributed by atoms with Crippen LogP contribution in [-0.2, 0) is 11.3 Å². The normalized spacial score (nSPS) is 11.3. The number of aromatic nitrogens is 1. The van der Waals surface area contributed by atoms with Crippen molar-refractivity contribution in [3.05, 3.63) is 69.8 Å². The standard InChI is InChI=1S/C24H22IN3O3/c1-30-18-8-10-23(31-2)16(13-18)15-26-27-24(29)11-12-28-21-6-4-3-5-19(21)20-14-17(25)7-9-22(20)28/h3-10,13-15H,11-12H2,1-2H3,(H,27,29). The number of carbonyl (C=O) groups is 1. The Morgan fingerprint density at radius 3 is 2.65 bits per heavy atom. The molecule has 1 heterocycles. The van der Waals surface area contributed by atoms with Crippen LogP contribution >= 0.6 is 22.6 Å². The van der Waals surface area contributed by atoms with Crippen LogP contribution in [0.25, 0.3) is 21.8 Å². The fourth-order valence-electron chi connectivity index (χ4n) is 3.65. The molecule has 6 nitrogen and oxygen atoms in total. The van der Waals surface area contributed by atoms with Gasteiger partial charge in [0.1, 0.15) is 11.5 Å². The lowest BCUT2D eigenvalue weighted by Crippen LogP contribution is -2.19. The zero-order valence-electron chi connectivity index (χ0n) is 17.3. The predicted octanol–water partition coefficient (Wildman–Crippen LogP) is 4.96. The van der Waals surface area contributed by atoms with Crippen LogP contribution in [0.1, 0.15) is 12.0 Å². The van der Waals surface area contributed by atoms with Crippen LogP contribution in [0.4, 0.5) is 0 Å². The van der Waals surface area contributed by atoms with Gasteiger partial charge in [-0.25, -0.2) is 5.43 Å². The maximum atomic E-state index is 12.4. The number of rotatable bonds is 7. The van der Waals surface area contributed by atoms with Gasteiger partial charge >= 0.3 is 0 Å². The number of hydrazone groups is 1. The second kappa shape index (κ2) is 9.38. The van der Waals surface area contributed by atoms with E-state index in [-0.39, 0.29) is 5.91 Å². The van der Waals surface area contributed by atoms with Gasteiger partial charge in [-0.15, -0.1) is 0 Å². The number of nitrogens with zero attached hydrogens (tertiary/aromatic N) is 2. The van der Waals surface area contributed by atoms with Gasteiger partial charge in [-0.1, -0.05) is 18.2 Å². The van der Waals surface area contributed by atoms with Crippen LogP contribution < -0.4 is 14.9 Å². The minimum absolute atomic E-state index is 0.158. The molecule has 7 heteroatoms. The highest BCUT2D eigenvalue weighted by molar-refractivity contribution is 14.1. The molecule has 0 spiro atoms. The first kappa shape index (κ1) is 21.2. The van der Waals surface area contributed by atoms with E-state index in [0.29, 0.717) is 24.5 Å². The summed E-state index contributed by atoms with van der Waals surface area (Å²) in [6, 6.07) is 20.1. The van der Waals surface area contributed by atoms with Gasteiger partial charge < -0.3 is 14.0 Å². The summed E-state index contributed by atoms with van der Waals surface area (Å²) in [5.41, 5.74) is 5.57. The highest BCUT2D eigenvalue weighted by Crippen LogP contribution is 2.30. The second-order valence-corrected chi connectivity index (χ2v) is 8.23. The zero-order chi connectivity index (χ0) is 21.8. The summed E-state index contributed by atoms with van der Waals surface area (Å²) in [6.45, 7) is 0.564. The number of para-hydroxylation sites is 1. The van der Waals surface area contributed by atoms with Crippen molar-refractivity contribution in [1.82, 2.24) is 9.99 Å². The lowest BCUT2D eigenvalue weighted by molar-refractivity contribution is -0.121. The maximum absolute atomic E-state index is 12.4. The van der Waals surface area contributed by atoms with Gasteiger partial charge in [0.15, 0.2) is 0 Å². The fraction of sp³-hybridized carbons (Fsp3) is 0.167. The molecule has 0 unspecified atom stereocenters. The Kier molecular flexibility index (Phi) is 6.41. The molecule has 4 aromatic rings. The van der Waals surface area contributed by atoms with E-state index in [1.165, 1.54) is 14.3 Å². The largest absolute Gasteiger partial charge is 0.497 e.